The molecule has 0 aromatic carbocycles. The average molecular weight is 242 g/mol. The highest BCUT2D eigenvalue weighted by molar-refractivity contribution is 5.65. The Bertz CT molecular complexity index is 333. The fraction of sp³-hybridized carbons (Fsp3) is 0.900. The van der Waals surface area contributed by atoms with Crippen LogP contribution in [0.5, 0.6) is 0 Å². The Morgan fingerprint density at radius 3 is 2.76 bits per heavy atom. The van der Waals surface area contributed by atoms with Crippen LogP contribution < -0.4 is 0 Å². The maximum absolute atomic E-state index is 11.2. The predicted molar refractivity (Wildman–Crippen MR) is 61.7 cm³/mol. The van der Waals surface area contributed by atoms with Crippen LogP contribution in [-0.4, -0.2) is 47.9 Å². The van der Waals surface area contributed by atoms with E-state index in [1.165, 1.54) is 4.90 Å². The van der Waals surface area contributed by atoms with Crippen molar-refractivity contribution in [2.45, 2.75) is 32.9 Å². The lowest BCUT2D eigenvalue weighted by Crippen LogP contribution is -2.57. The summed E-state index contributed by atoms with van der Waals surface area (Å²) in [6, 6.07) is -0.178. The lowest BCUT2D eigenvalue weighted by atomic mass is 9.85. The van der Waals surface area contributed by atoms with Gasteiger partial charge in [-0.25, -0.2) is 4.79 Å². The van der Waals surface area contributed by atoms with Crippen molar-refractivity contribution in [2.75, 3.05) is 19.7 Å². The van der Waals surface area contributed by atoms with E-state index >= 15 is 0 Å². The summed E-state index contributed by atoms with van der Waals surface area (Å²) in [6.45, 7) is 6.68. The van der Waals surface area contributed by atoms with Gasteiger partial charge in [0.15, 0.2) is 0 Å². The van der Waals surface area contributed by atoms with Crippen LogP contribution in [0.3, 0.4) is 0 Å². The second-order valence-corrected chi connectivity index (χ2v) is 5.19. The highest BCUT2D eigenvalue weighted by Gasteiger charge is 2.38. The van der Waals surface area contributed by atoms with Crippen molar-refractivity contribution in [1.29, 1.82) is 0 Å². The Hall–Kier alpha value is -1.46. The highest BCUT2D eigenvalue weighted by Crippen LogP contribution is 2.28. The van der Waals surface area contributed by atoms with Gasteiger partial charge in [0.25, 0.3) is 0 Å². The third kappa shape index (κ3) is 3.51. The molecule has 0 spiro atoms. The molecule has 0 saturated carbocycles. The van der Waals surface area contributed by atoms with E-state index in [0.717, 1.165) is 0 Å². The lowest BCUT2D eigenvalue weighted by molar-refractivity contribution is -0.0779. The number of ether oxygens (including phenoxy) is 1. The average Bonchev–Trinajstić information content (AvgIpc) is 2.24. The van der Waals surface area contributed by atoms with Crippen LogP contribution in [0.25, 0.3) is 10.4 Å². The Morgan fingerprint density at radius 1 is 1.65 bits per heavy atom. The van der Waals surface area contributed by atoms with Crippen molar-refractivity contribution < 1.29 is 14.6 Å². The van der Waals surface area contributed by atoms with Crippen LogP contribution in [0, 0.1) is 5.41 Å². The molecule has 1 heterocycles. The second kappa shape index (κ2) is 5.25. The molecular formula is C10H18N4O3. The fourth-order valence-corrected chi connectivity index (χ4v) is 1.88. The van der Waals surface area contributed by atoms with Crippen molar-refractivity contribution in [3.8, 4) is 0 Å². The molecule has 1 rings (SSSR count). The Kier molecular flexibility index (Phi) is 4.20. The van der Waals surface area contributed by atoms with Gasteiger partial charge in [-0.15, -0.1) is 0 Å². The number of hydrogen-bond donors (Lipinski definition) is 1. The van der Waals surface area contributed by atoms with Crippen molar-refractivity contribution in [3.63, 3.8) is 0 Å². The molecule has 0 aromatic rings. The van der Waals surface area contributed by atoms with Crippen LogP contribution in [0.4, 0.5) is 4.79 Å². The van der Waals surface area contributed by atoms with Gasteiger partial charge in [-0.2, -0.15) is 0 Å². The van der Waals surface area contributed by atoms with Gasteiger partial charge in [0, 0.05) is 4.91 Å². The molecule has 0 aliphatic carbocycles. The molecular weight excluding hydrogens is 224 g/mol. The SMILES string of the molecule is CC(C)(C)C1COC(CN=[N+]=[N-])CN1C(=O)O. The number of carbonyl (C=O) groups is 1. The topological polar surface area (TPSA) is 98.5 Å². The molecule has 0 radical (unpaired) electrons. The minimum atomic E-state index is -0.959. The van der Waals surface area contributed by atoms with E-state index in [4.69, 9.17) is 10.3 Å². The summed E-state index contributed by atoms with van der Waals surface area (Å²) in [4.78, 5) is 15.2. The van der Waals surface area contributed by atoms with Crippen LogP contribution in [0.1, 0.15) is 20.8 Å². The number of morpholine rings is 1. The molecule has 1 aliphatic rings. The third-order valence-corrected chi connectivity index (χ3v) is 2.86. The monoisotopic (exact) mass is 242 g/mol. The minimum Gasteiger partial charge on any atom is -0.465 e. The molecule has 7 heteroatoms. The normalized spacial score (nSPS) is 25.2. The molecule has 1 amide bonds. The number of rotatable bonds is 2. The van der Waals surface area contributed by atoms with E-state index in [-0.39, 0.29) is 30.7 Å². The molecule has 2 atom stereocenters. The first-order valence-electron chi connectivity index (χ1n) is 5.48. The summed E-state index contributed by atoms with van der Waals surface area (Å²) in [5.74, 6) is 0. The van der Waals surface area contributed by atoms with Crippen LogP contribution in [-0.2, 0) is 4.74 Å². The van der Waals surface area contributed by atoms with Crippen molar-refractivity contribution in [2.24, 2.45) is 10.5 Å². The van der Waals surface area contributed by atoms with Gasteiger partial charge in [0.2, 0.25) is 0 Å². The molecule has 17 heavy (non-hydrogen) atoms. The van der Waals surface area contributed by atoms with Crippen LogP contribution in [0.15, 0.2) is 5.11 Å². The molecule has 1 saturated heterocycles. The summed E-state index contributed by atoms with van der Waals surface area (Å²) < 4.78 is 5.53. The second-order valence-electron chi connectivity index (χ2n) is 5.19. The maximum Gasteiger partial charge on any atom is 0.407 e. The summed E-state index contributed by atoms with van der Waals surface area (Å²) in [5, 5.41) is 12.6. The van der Waals surface area contributed by atoms with E-state index in [9.17, 15) is 9.90 Å². The molecule has 7 nitrogen and oxygen atoms in total. The van der Waals surface area contributed by atoms with Crippen LogP contribution >= 0.6 is 0 Å². The Balaban J connectivity index is 2.74. The van der Waals surface area contributed by atoms with Gasteiger partial charge in [0.1, 0.15) is 0 Å². The zero-order valence-corrected chi connectivity index (χ0v) is 10.3. The zero-order valence-electron chi connectivity index (χ0n) is 10.3. The van der Waals surface area contributed by atoms with Gasteiger partial charge in [-0.3, -0.25) is 4.90 Å². The lowest BCUT2D eigenvalue weighted by Gasteiger charge is -2.44. The van der Waals surface area contributed by atoms with E-state index < -0.39 is 6.09 Å². The first-order chi connectivity index (χ1) is 7.86. The number of azide groups is 1. The molecule has 0 bridgehead atoms. The molecule has 0 aromatic heterocycles. The first-order valence-corrected chi connectivity index (χ1v) is 5.48. The largest absolute Gasteiger partial charge is 0.465 e. The predicted octanol–water partition coefficient (Wildman–Crippen LogP) is 2.09. The van der Waals surface area contributed by atoms with Crippen molar-refractivity contribution >= 4 is 6.09 Å². The van der Waals surface area contributed by atoms with E-state index in [1.807, 2.05) is 20.8 Å². The standard InChI is InChI=1S/C10H18N4O3/c1-10(2,3)8-6-17-7(4-12-13-11)5-14(8)9(15)16/h7-8H,4-6H2,1-3H3,(H,15,16). The van der Waals surface area contributed by atoms with Crippen molar-refractivity contribution in [1.82, 2.24) is 4.90 Å². The van der Waals surface area contributed by atoms with Gasteiger partial charge < -0.3 is 9.84 Å². The number of hydrogen-bond acceptors (Lipinski definition) is 3. The quantitative estimate of drug-likeness (QED) is 0.456. The smallest absolute Gasteiger partial charge is 0.407 e. The van der Waals surface area contributed by atoms with Gasteiger partial charge in [0.05, 0.1) is 31.8 Å². The summed E-state index contributed by atoms with van der Waals surface area (Å²) in [6.07, 6.45) is -1.31. The summed E-state index contributed by atoms with van der Waals surface area (Å²) in [5.41, 5.74) is 8.05. The molecule has 1 fully saturated rings. The van der Waals surface area contributed by atoms with Crippen LogP contribution in [0.2, 0.25) is 0 Å². The molecule has 1 N–H and O–H groups in total. The summed E-state index contributed by atoms with van der Waals surface area (Å²) >= 11 is 0. The Labute approximate surface area is 100.0 Å². The molecule has 96 valence electrons. The Morgan fingerprint density at radius 2 is 2.29 bits per heavy atom. The van der Waals surface area contributed by atoms with Gasteiger partial charge in [-0.05, 0) is 10.9 Å². The maximum atomic E-state index is 11.2. The number of carboxylic acid groups (broad SMARTS) is 1. The first kappa shape index (κ1) is 13.6. The van der Waals surface area contributed by atoms with E-state index in [0.29, 0.717) is 6.61 Å². The van der Waals surface area contributed by atoms with Gasteiger partial charge >= 0.3 is 6.09 Å². The minimum absolute atomic E-state index is 0.164. The molecule has 2 unspecified atom stereocenters. The zero-order chi connectivity index (χ0) is 13.1. The van der Waals surface area contributed by atoms with E-state index in [2.05, 4.69) is 10.0 Å². The highest BCUT2D eigenvalue weighted by atomic mass is 16.5. The third-order valence-electron chi connectivity index (χ3n) is 2.86. The molecule has 1 aliphatic heterocycles. The van der Waals surface area contributed by atoms with E-state index in [1.54, 1.807) is 0 Å². The van der Waals surface area contributed by atoms with Gasteiger partial charge in [-0.1, -0.05) is 25.9 Å². The number of nitrogens with zero attached hydrogens (tertiary/aromatic N) is 4. The fourth-order valence-electron chi connectivity index (χ4n) is 1.88. The number of amides is 1. The van der Waals surface area contributed by atoms with Crippen molar-refractivity contribution in [3.05, 3.63) is 10.4 Å². The summed E-state index contributed by atoms with van der Waals surface area (Å²) in [7, 11) is 0.